The van der Waals surface area contributed by atoms with E-state index in [1.54, 1.807) is 0 Å². The molecule has 1 unspecified atom stereocenters. The number of unbranched alkanes of at least 4 members (excludes halogenated alkanes) is 39. The number of allylic oxidation sites excluding steroid dienone is 8. The third-order valence-corrected chi connectivity index (χ3v) is 13.6. The van der Waals surface area contributed by atoms with Crippen molar-refractivity contribution >= 4 is 17.9 Å². The molecular weight excluding hydrogens is 865 g/mol. The maximum atomic E-state index is 12.9. The minimum Gasteiger partial charge on any atom is -0.462 e. The second kappa shape index (κ2) is 58.9. The van der Waals surface area contributed by atoms with Crippen LogP contribution in [0.4, 0.5) is 0 Å². The van der Waals surface area contributed by atoms with Gasteiger partial charge in [0.15, 0.2) is 6.10 Å². The summed E-state index contributed by atoms with van der Waals surface area (Å²) < 4.78 is 16.9. The summed E-state index contributed by atoms with van der Waals surface area (Å²) in [5.41, 5.74) is 0. The quantitative estimate of drug-likeness (QED) is 0.0261. The highest BCUT2D eigenvalue weighted by atomic mass is 16.6. The van der Waals surface area contributed by atoms with Gasteiger partial charge in [-0.3, -0.25) is 14.4 Å². The molecule has 0 aromatic rings. The molecule has 6 nitrogen and oxygen atoms in total. The number of rotatable bonds is 56. The number of carbonyl (C=O) groups excluding carboxylic acids is 3. The number of hydrogen-bond acceptors (Lipinski definition) is 6. The fourth-order valence-corrected chi connectivity index (χ4v) is 8.96. The highest BCUT2D eigenvalue weighted by Gasteiger charge is 2.19. The fraction of sp³-hybridized carbons (Fsp3) is 0.828. The lowest BCUT2D eigenvalue weighted by Gasteiger charge is -2.18. The summed E-state index contributed by atoms with van der Waals surface area (Å²) in [6.45, 7) is 6.65. The zero-order valence-corrected chi connectivity index (χ0v) is 46.8. The number of carbonyl (C=O) groups is 3. The monoisotopic (exact) mass is 981 g/mol. The van der Waals surface area contributed by atoms with Gasteiger partial charge in [0.1, 0.15) is 13.2 Å². The Kier molecular flexibility index (Phi) is 56.7. The van der Waals surface area contributed by atoms with E-state index >= 15 is 0 Å². The molecule has 0 aliphatic rings. The van der Waals surface area contributed by atoms with Crippen LogP contribution in [-0.4, -0.2) is 37.2 Å². The smallest absolute Gasteiger partial charge is 0.306 e. The molecule has 0 N–H and O–H groups in total. The van der Waals surface area contributed by atoms with Gasteiger partial charge in [-0.05, 0) is 70.6 Å². The van der Waals surface area contributed by atoms with Gasteiger partial charge >= 0.3 is 17.9 Å². The van der Waals surface area contributed by atoms with E-state index in [-0.39, 0.29) is 31.1 Å². The minimum atomic E-state index is -0.786. The van der Waals surface area contributed by atoms with Crippen molar-refractivity contribution in [2.24, 2.45) is 0 Å². The predicted octanol–water partition coefficient (Wildman–Crippen LogP) is 20.6. The van der Waals surface area contributed by atoms with Crippen LogP contribution >= 0.6 is 0 Å². The molecule has 70 heavy (non-hydrogen) atoms. The molecule has 0 aliphatic heterocycles. The van der Waals surface area contributed by atoms with Crippen LogP contribution in [0.15, 0.2) is 48.6 Å². The zero-order chi connectivity index (χ0) is 50.7. The Morgan fingerprint density at radius 1 is 0.286 bits per heavy atom. The molecule has 0 bridgehead atoms. The van der Waals surface area contributed by atoms with Crippen molar-refractivity contribution < 1.29 is 28.6 Å². The Morgan fingerprint density at radius 2 is 0.500 bits per heavy atom. The normalized spacial score (nSPS) is 12.3. The Labute approximate surface area is 435 Å². The summed E-state index contributed by atoms with van der Waals surface area (Å²) >= 11 is 0. The second-order valence-corrected chi connectivity index (χ2v) is 20.7. The van der Waals surface area contributed by atoms with Gasteiger partial charge in [0, 0.05) is 19.3 Å². The first-order chi connectivity index (χ1) is 34.5. The highest BCUT2D eigenvalue weighted by molar-refractivity contribution is 5.71. The fourth-order valence-electron chi connectivity index (χ4n) is 8.96. The lowest BCUT2D eigenvalue weighted by atomic mass is 10.0. The van der Waals surface area contributed by atoms with E-state index in [0.717, 1.165) is 96.3 Å². The molecule has 0 heterocycles. The van der Waals surface area contributed by atoms with E-state index in [4.69, 9.17) is 14.2 Å². The van der Waals surface area contributed by atoms with Crippen molar-refractivity contribution in [1.29, 1.82) is 0 Å². The van der Waals surface area contributed by atoms with Crippen molar-refractivity contribution in [2.75, 3.05) is 13.2 Å². The van der Waals surface area contributed by atoms with Crippen molar-refractivity contribution in [3.05, 3.63) is 48.6 Å². The van der Waals surface area contributed by atoms with Gasteiger partial charge in [-0.1, -0.05) is 281 Å². The molecular formula is C64H116O6. The van der Waals surface area contributed by atoms with Crippen LogP contribution in [0.3, 0.4) is 0 Å². The standard InChI is InChI=1S/C64H116O6/c1-4-7-10-13-16-19-22-25-28-31-33-36-39-42-45-48-51-54-57-63(66)69-60-61(59-68-62(65)56-53-50-47-44-41-38-35-30-27-24-21-18-15-12-9-6-3)70-64(67)58-55-52-49-46-43-40-37-34-32-29-26-23-20-17-14-11-8-5-2/h28-29,31-34,36-37,61H,4-27,30,35,38-60H2,1-3H3/b31-28-,32-29-,36-33-,37-34-. The summed E-state index contributed by atoms with van der Waals surface area (Å²) in [6, 6.07) is 0. The van der Waals surface area contributed by atoms with Gasteiger partial charge in [-0.25, -0.2) is 0 Å². The molecule has 0 aromatic carbocycles. The van der Waals surface area contributed by atoms with Crippen LogP contribution in [0, 0.1) is 0 Å². The molecule has 0 saturated heterocycles. The van der Waals surface area contributed by atoms with Crippen LogP contribution in [-0.2, 0) is 28.6 Å². The van der Waals surface area contributed by atoms with Crippen LogP contribution in [0.2, 0.25) is 0 Å². The average molecular weight is 982 g/mol. The number of hydrogen-bond donors (Lipinski definition) is 0. The topological polar surface area (TPSA) is 78.9 Å². The third kappa shape index (κ3) is 56.3. The summed E-state index contributed by atoms with van der Waals surface area (Å²) in [4.78, 5) is 38.2. The van der Waals surface area contributed by atoms with Gasteiger partial charge < -0.3 is 14.2 Å². The van der Waals surface area contributed by atoms with Crippen LogP contribution in [0.1, 0.15) is 323 Å². The lowest BCUT2D eigenvalue weighted by Crippen LogP contribution is -2.30. The molecule has 0 spiro atoms. The third-order valence-electron chi connectivity index (χ3n) is 13.6. The predicted molar refractivity (Wildman–Crippen MR) is 302 cm³/mol. The molecule has 0 rings (SSSR count). The van der Waals surface area contributed by atoms with E-state index in [0.29, 0.717) is 19.3 Å². The molecule has 0 aromatic heterocycles. The SMILES string of the molecule is CCCCCCCCC/C=C\C=C/CCCCCCCC(=O)OCC(COC(=O)CCCCCCCCCCCCCCCCCC)OC(=O)CCCCCCC/C=C\C=C/CCCCCCCCC. The van der Waals surface area contributed by atoms with Gasteiger partial charge in [0.2, 0.25) is 0 Å². The Bertz CT molecular complexity index is 1220. The van der Waals surface area contributed by atoms with Crippen molar-refractivity contribution in [3.63, 3.8) is 0 Å². The molecule has 1 atom stereocenters. The first kappa shape index (κ1) is 67.4. The van der Waals surface area contributed by atoms with Crippen molar-refractivity contribution in [1.82, 2.24) is 0 Å². The highest BCUT2D eigenvalue weighted by Crippen LogP contribution is 2.16. The maximum absolute atomic E-state index is 12.9. The molecule has 0 radical (unpaired) electrons. The molecule has 0 saturated carbocycles. The van der Waals surface area contributed by atoms with E-state index in [1.807, 2.05) is 0 Å². The molecule has 0 fully saturated rings. The summed E-state index contributed by atoms with van der Waals surface area (Å²) in [5, 5.41) is 0. The van der Waals surface area contributed by atoms with Gasteiger partial charge in [-0.2, -0.15) is 0 Å². The summed E-state index contributed by atoms with van der Waals surface area (Å²) in [6.07, 6.45) is 72.4. The van der Waals surface area contributed by atoms with E-state index in [9.17, 15) is 14.4 Å². The van der Waals surface area contributed by atoms with E-state index < -0.39 is 6.10 Å². The van der Waals surface area contributed by atoms with Crippen molar-refractivity contribution in [3.8, 4) is 0 Å². The summed E-state index contributed by atoms with van der Waals surface area (Å²) in [5.74, 6) is -0.894. The van der Waals surface area contributed by atoms with Gasteiger partial charge in [-0.15, -0.1) is 0 Å². The first-order valence-corrected chi connectivity index (χ1v) is 30.7. The largest absolute Gasteiger partial charge is 0.462 e. The van der Waals surface area contributed by atoms with Gasteiger partial charge in [0.25, 0.3) is 0 Å². The maximum Gasteiger partial charge on any atom is 0.306 e. The average Bonchev–Trinajstić information content (AvgIpc) is 3.36. The molecule has 6 heteroatoms. The number of esters is 3. The lowest BCUT2D eigenvalue weighted by molar-refractivity contribution is -0.167. The van der Waals surface area contributed by atoms with Crippen LogP contribution in [0.25, 0.3) is 0 Å². The number of ether oxygens (including phenoxy) is 3. The molecule has 408 valence electrons. The first-order valence-electron chi connectivity index (χ1n) is 30.7. The van der Waals surface area contributed by atoms with E-state index in [2.05, 4.69) is 69.4 Å². The van der Waals surface area contributed by atoms with Crippen LogP contribution in [0.5, 0.6) is 0 Å². The molecule has 0 aliphatic carbocycles. The molecule has 0 amide bonds. The van der Waals surface area contributed by atoms with Crippen LogP contribution < -0.4 is 0 Å². The summed E-state index contributed by atoms with van der Waals surface area (Å²) in [7, 11) is 0. The Morgan fingerprint density at radius 3 is 0.757 bits per heavy atom. The second-order valence-electron chi connectivity index (χ2n) is 20.7. The van der Waals surface area contributed by atoms with Crippen molar-refractivity contribution in [2.45, 2.75) is 329 Å². The van der Waals surface area contributed by atoms with Gasteiger partial charge in [0.05, 0.1) is 0 Å². The Hall–Kier alpha value is -2.63. The van der Waals surface area contributed by atoms with E-state index in [1.165, 1.54) is 186 Å². The minimum absolute atomic E-state index is 0.0814. The Balaban J connectivity index is 4.41. The zero-order valence-electron chi connectivity index (χ0n) is 46.8.